The second-order valence-electron chi connectivity index (χ2n) is 8.52. The van der Waals surface area contributed by atoms with E-state index in [1.54, 1.807) is 0 Å². The Morgan fingerprint density at radius 3 is 2.52 bits per heavy atom. The lowest BCUT2D eigenvalue weighted by Gasteiger charge is -2.33. The van der Waals surface area contributed by atoms with Gasteiger partial charge in [-0.2, -0.15) is 0 Å². The monoisotopic (exact) mass is 438 g/mol. The molecule has 0 bridgehead atoms. The van der Waals surface area contributed by atoms with E-state index in [0.717, 1.165) is 31.8 Å². The zero-order chi connectivity index (χ0) is 20.9. The predicted molar refractivity (Wildman–Crippen MR) is 115 cm³/mol. The number of fused-ring (bicyclic) bond motifs is 1. The normalized spacial score (nSPS) is 23.7. The molecule has 2 fully saturated rings. The van der Waals surface area contributed by atoms with Crippen LogP contribution in [0.3, 0.4) is 0 Å². The van der Waals surface area contributed by atoms with Gasteiger partial charge in [-0.15, -0.1) is 11.3 Å². The van der Waals surface area contributed by atoms with Gasteiger partial charge in [-0.05, 0) is 47.0 Å². The van der Waals surface area contributed by atoms with E-state index in [2.05, 4.69) is 30.5 Å². The van der Waals surface area contributed by atoms with Crippen LogP contribution in [0.15, 0.2) is 0 Å². The molecule has 9 heteroatoms. The van der Waals surface area contributed by atoms with Gasteiger partial charge < -0.3 is 10.2 Å². The van der Waals surface area contributed by atoms with Crippen LogP contribution >= 0.6 is 11.3 Å². The molecule has 1 N–H and O–H groups in total. The van der Waals surface area contributed by atoms with Crippen LogP contribution in [0, 0.1) is 20.8 Å². The van der Waals surface area contributed by atoms with Crippen molar-refractivity contribution in [3.05, 3.63) is 22.1 Å². The number of carbonyl (C=O) groups is 1. The third kappa shape index (κ3) is 3.96. The van der Waals surface area contributed by atoms with Gasteiger partial charge >= 0.3 is 0 Å². The quantitative estimate of drug-likeness (QED) is 0.791. The second-order valence-corrected chi connectivity index (χ2v) is 11.9. The van der Waals surface area contributed by atoms with Crippen LogP contribution in [0.4, 0.5) is 0 Å². The van der Waals surface area contributed by atoms with Crippen molar-refractivity contribution in [1.82, 2.24) is 19.6 Å². The second kappa shape index (κ2) is 7.67. The fourth-order valence-electron chi connectivity index (χ4n) is 4.67. The number of aromatic nitrogens is 2. The third-order valence-corrected chi connectivity index (χ3v) is 9.36. The molecule has 2 aliphatic rings. The standard InChI is InChI=1S/C20H30N4O3S2/c1-12(21-17-7-10-29(26,27)11-17)19(25)23-8-5-16(6-9-23)18-20-24(15(4)22-18)13(2)14(3)28-20/h12,16-17,21H,5-11H2,1-4H3/t12-,17-/m0/s1. The Hall–Kier alpha value is -1.45. The van der Waals surface area contributed by atoms with Crippen molar-refractivity contribution in [2.75, 3.05) is 24.6 Å². The Kier molecular flexibility index (Phi) is 5.50. The lowest BCUT2D eigenvalue weighted by atomic mass is 9.93. The molecule has 2 atom stereocenters. The molecule has 4 rings (SSSR count). The molecular weight excluding hydrogens is 408 g/mol. The zero-order valence-electron chi connectivity index (χ0n) is 17.6. The molecule has 2 saturated heterocycles. The number of imidazole rings is 1. The SMILES string of the molecule is Cc1sc2c(C3CCN(C(=O)[C@H](C)N[C@H]4CCS(=O)(=O)C4)CC3)nc(C)n2c1C. The topological polar surface area (TPSA) is 83.8 Å². The number of nitrogens with one attached hydrogen (secondary N) is 1. The smallest absolute Gasteiger partial charge is 0.239 e. The molecule has 29 heavy (non-hydrogen) atoms. The minimum atomic E-state index is -2.94. The summed E-state index contributed by atoms with van der Waals surface area (Å²) in [6, 6.07) is -0.461. The molecule has 0 unspecified atom stereocenters. The van der Waals surface area contributed by atoms with Crippen LogP contribution in [-0.4, -0.2) is 65.3 Å². The van der Waals surface area contributed by atoms with Gasteiger partial charge in [0, 0.05) is 35.6 Å². The summed E-state index contributed by atoms with van der Waals surface area (Å²) < 4.78 is 25.5. The first-order valence-corrected chi connectivity index (χ1v) is 13.0. The Morgan fingerprint density at radius 1 is 1.21 bits per heavy atom. The number of likely N-dealkylation sites (tertiary alicyclic amines) is 1. The third-order valence-electron chi connectivity index (χ3n) is 6.40. The average molecular weight is 439 g/mol. The molecular formula is C20H30N4O3S2. The zero-order valence-corrected chi connectivity index (χ0v) is 19.2. The molecule has 4 heterocycles. The summed E-state index contributed by atoms with van der Waals surface area (Å²) in [7, 11) is -2.94. The van der Waals surface area contributed by atoms with Crippen molar-refractivity contribution in [3.8, 4) is 0 Å². The number of nitrogens with zero attached hydrogens (tertiary/aromatic N) is 3. The highest BCUT2D eigenvalue weighted by Crippen LogP contribution is 2.35. The number of piperidine rings is 1. The van der Waals surface area contributed by atoms with E-state index in [1.165, 1.54) is 21.1 Å². The predicted octanol–water partition coefficient (Wildman–Crippen LogP) is 2.19. The summed E-state index contributed by atoms with van der Waals surface area (Å²) in [4.78, 5) is 22.2. The molecule has 1 amide bonds. The average Bonchev–Trinajstić information content (AvgIpc) is 3.28. The number of hydrogen-bond donors (Lipinski definition) is 1. The number of thiazole rings is 1. The maximum absolute atomic E-state index is 12.9. The Balaban J connectivity index is 1.38. The summed E-state index contributed by atoms with van der Waals surface area (Å²) in [6.07, 6.45) is 2.42. The molecule has 0 aromatic carbocycles. The molecule has 0 spiro atoms. The number of sulfone groups is 1. The van der Waals surface area contributed by atoms with Crippen LogP contribution in [0.1, 0.15) is 54.2 Å². The van der Waals surface area contributed by atoms with Crippen LogP contribution in [0.5, 0.6) is 0 Å². The molecule has 7 nitrogen and oxygen atoms in total. The van der Waals surface area contributed by atoms with Crippen molar-refractivity contribution in [3.63, 3.8) is 0 Å². The minimum absolute atomic E-state index is 0.0710. The lowest BCUT2D eigenvalue weighted by molar-refractivity contribution is -0.134. The lowest BCUT2D eigenvalue weighted by Crippen LogP contribution is -2.50. The van der Waals surface area contributed by atoms with Gasteiger partial charge in [0.2, 0.25) is 5.91 Å². The summed E-state index contributed by atoms with van der Waals surface area (Å²) >= 11 is 1.81. The Bertz CT molecular complexity index is 1030. The fraction of sp³-hybridized carbons (Fsp3) is 0.700. The summed E-state index contributed by atoms with van der Waals surface area (Å²) in [5.74, 6) is 1.85. The van der Waals surface area contributed by atoms with Crippen molar-refractivity contribution in [1.29, 1.82) is 0 Å². The number of rotatable bonds is 4. The number of carbonyl (C=O) groups excluding carboxylic acids is 1. The molecule has 0 saturated carbocycles. The molecule has 2 aromatic heterocycles. The first-order chi connectivity index (χ1) is 13.7. The van der Waals surface area contributed by atoms with Gasteiger partial charge in [0.1, 0.15) is 10.7 Å². The highest BCUT2D eigenvalue weighted by atomic mass is 32.2. The minimum Gasteiger partial charge on any atom is -0.341 e. The van der Waals surface area contributed by atoms with Gasteiger partial charge in [0.05, 0.1) is 23.2 Å². The highest BCUT2D eigenvalue weighted by Gasteiger charge is 2.33. The largest absolute Gasteiger partial charge is 0.341 e. The summed E-state index contributed by atoms with van der Waals surface area (Å²) in [5.41, 5.74) is 2.45. The van der Waals surface area contributed by atoms with E-state index in [4.69, 9.17) is 4.98 Å². The Morgan fingerprint density at radius 2 is 1.90 bits per heavy atom. The molecule has 0 radical (unpaired) electrons. The maximum Gasteiger partial charge on any atom is 0.239 e. The first kappa shape index (κ1) is 20.8. The van der Waals surface area contributed by atoms with Crippen molar-refractivity contribution < 1.29 is 13.2 Å². The number of aryl methyl sites for hydroxylation is 3. The van der Waals surface area contributed by atoms with E-state index in [9.17, 15) is 13.2 Å². The molecule has 2 aliphatic heterocycles. The van der Waals surface area contributed by atoms with Crippen LogP contribution < -0.4 is 5.32 Å². The van der Waals surface area contributed by atoms with Gasteiger partial charge in [-0.3, -0.25) is 9.20 Å². The van der Waals surface area contributed by atoms with Crippen molar-refractivity contribution >= 4 is 31.9 Å². The summed E-state index contributed by atoms with van der Waals surface area (Å²) in [5, 5.41) is 3.23. The first-order valence-electron chi connectivity index (χ1n) is 10.4. The number of hydrogen-bond acceptors (Lipinski definition) is 6. The maximum atomic E-state index is 12.9. The van der Waals surface area contributed by atoms with Gasteiger partial charge in [0.25, 0.3) is 0 Å². The van der Waals surface area contributed by atoms with E-state index in [0.29, 0.717) is 12.3 Å². The van der Waals surface area contributed by atoms with E-state index in [-0.39, 0.29) is 29.5 Å². The molecule has 160 valence electrons. The molecule has 2 aromatic rings. The fourth-order valence-corrected chi connectivity index (χ4v) is 7.56. The van der Waals surface area contributed by atoms with Crippen molar-refractivity contribution in [2.24, 2.45) is 0 Å². The number of amides is 1. The Labute approximate surface area is 176 Å². The van der Waals surface area contributed by atoms with Crippen molar-refractivity contribution in [2.45, 2.75) is 65.0 Å². The van der Waals surface area contributed by atoms with E-state index < -0.39 is 9.84 Å². The van der Waals surface area contributed by atoms with Crippen LogP contribution in [-0.2, 0) is 14.6 Å². The van der Waals surface area contributed by atoms with E-state index >= 15 is 0 Å². The van der Waals surface area contributed by atoms with E-state index in [1.807, 2.05) is 23.2 Å². The van der Waals surface area contributed by atoms with Gasteiger partial charge in [0.15, 0.2) is 9.84 Å². The molecule has 0 aliphatic carbocycles. The summed E-state index contributed by atoms with van der Waals surface area (Å²) in [6.45, 7) is 9.65. The van der Waals surface area contributed by atoms with Gasteiger partial charge in [-0.1, -0.05) is 0 Å². The highest BCUT2D eigenvalue weighted by molar-refractivity contribution is 7.91. The van der Waals surface area contributed by atoms with Crippen LogP contribution in [0.2, 0.25) is 0 Å². The van der Waals surface area contributed by atoms with Gasteiger partial charge in [-0.25, -0.2) is 13.4 Å². The van der Waals surface area contributed by atoms with Crippen LogP contribution in [0.25, 0.3) is 4.83 Å².